The molecule has 0 aliphatic carbocycles. The number of nitrogens with zero attached hydrogens (tertiary/aromatic N) is 1. The van der Waals surface area contributed by atoms with Crippen molar-refractivity contribution in [2.75, 3.05) is 0 Å². The molecule has 30 heavy (non-hydrogen) atoms. The molecule has 0 unspecified atom stereocenters. The van der Waals surface area contributed by atoms with Crippen molar-refractivity contribution in [3.8, 4) is 11.1 Å². The molecule has 1 fully saturated rings. The van der Waals surface area contributed by atoms with Crippen LogP contribution >= 0.6 is 0 Å². The lowest BCUT2D eigenvalue weighted by Gasteiger charge is -2.23. The van der Waals surface area contributed by atoms with E-state index in [9.17, 15) is 9.59 Å². The van der Waals surface area contributed by atoms with E-state index in [-0.39, 0.29) is 18.5 Å². The molecule has 0 radical (unpaired) electrons. The van der Waals surface area contributed by atoms with E-state index in [0.717, 1.165) is 22.3 Å². The number of urea groups is 1. The van der Waals surface area contributed by atoms with Crippen LogP contribution in [0.4, 0.5) is 4.79 Å². The van der Waals surface area contributed by atoms with E-state index < -0.39 is 5.54 Å². The molecular formula is C26H26N2O2. The van der Waals surface area contributed by atoms with Crippen LogP contribution < -0.4 is 5.32 Å². The van der Waals surface area contributed by atoms with E-state index in [4.69, 9.17) is 0 Å². The molecule has 1 heterocycles. The van der Waals surface area contributed by atoms with Gasteiger partial charge in [-0.1, -0.05) is 92.7 Å². The first-order chi connectivity index (χ1) is 14.4. The zero-order valence-electron chi connectivity index (χ0n) is 17.6. The third-order valence-corrected chi connectivity index (χ3v) is 5.83. The molecule has 152 valence electrons. The predicted molar refractivity (Wildman–Crippen MR) is 119 cm³/mol. The molecule has 1 N–H and O–H groups in total. The quantitative estimate of drug-likeness (QED) is 0.582. The van der Waals surface area contributed by atoms with Crippen LogP contribution in [0.25, 0.3) is 11.1 Å². The summed E-state index contributed by atoms with van der Waals surface area (Å²) in [6.07, 6.45) is 0. The molecule has 4 nitrogen and oxygen atoms in total. The molecule has 0 aromatic heterocycles. The van der Waals surface area contributed by atoms with Gasteiger partial charge in [0.15, 0.2) is 0 Å². The summed E-state index contributed by atoms with van der Waals surface area (Å²) in [7, 11) is 0. The van der Waals surface area contributed by atoms with Crippen molar-refractivity contribution in [2.45, 2.75) is 38.8 Å². The van der Waals surface area contributed by atoms with E-state index in [0.29, 0.717) is 5.92 Å². The van der Waals surface area contributed by atoms with Gasteiger partial charge in [-0.25, -0.2) is 4.79 Å². The summed E-state index contributed by atoms with van der Waals surface area (Å²) in [5.41, 5.74) is 4.11. The van der Waals surface area contributed by atoms with Crippen LogP contribution in [0.1, 0.15) is 43.4 Å². The van der Waals surface area contributed by atoms with Gasteiger partial charge in [0.2, 0.25) is 0 Å². The molecule has 1 atom stereocenters. The predicted octanol–water partition coefficient (Wildman–Crippen LogP) is 5.44. The minimum absolute atomic E-state index is 0.225. The Morgan fingerprint density at radius 3 is 2.03 bits per heavy atom. The molecule has 1 aliphatic rings. The summed E-state index contributed by atoms with van der Waals surface area (Å²) in [6, 6.07) is 25.7. The van der Waals surface area contributed by atoms with Crippen LogP contribution in [0.15, 0.2) is 78.9 Å². The second-order valence-corrected chi connectivity index (χ2v) is 8.29. The lowest BCUT2D eigenvalue weighted by molar-refractivity contribution is -0.131. The standard InChI is InChI=1S/C26H26N2O2/c1-18(2)20-13-15-23(16-14-20)26(3)24(29)28(25(30)27-26)17-19-9-11-22(12-10-19)21-7-5-4-6-8-21/h4-16,18H,17H2,1-3H3,(H,27,30)/t26-/m0/s1. The van der Waals surface area contributed by atoms with Crippen LogP contribution in [0.2, 0.25) is 0 Å². The molecule has 3 aromatic rings. The summed E-state index contributed by atoms with van der Waals surface area (Å²) in [5.74, 6) is 0.188. The maximum Gasteiger partial charge on any atom is 0.325 e. The fraction of sp³-hybridized carbons (Fsp3) is 0.231. The number of imide groups is 1. The minimum Gasteiger partial charge on any atom is -0.319 e. The maximum absolute atomic E-state index is 13.2. The van der Waals surface area contributed by atoms with E-state index in [1.165, 1.54) is 10.5 Å². The number of nitrogens with one attached hydrogen (secondary N) is 1. The largest absolute Gasteiger partial charge is 0.325 e. The molecule has 4 heteroatoms. The molecule has 0 spiro atoms. The minimum atomic E-state index is -1.05. The molecule has 3 amide bonds. The van der Waals surface area contributed by atoms with Gasteiger partial charge in [0, 0.05) is 0 Å². The van der Waals surface area contributed by atoms with E-state index in [1.54, 1.807) is 6.92 Å². The number of carbonyl (C=O) groups excluding carboxylic acids is 2. The van der Waals surface area contributed by atoms with Crippen LogP contribution in [0.3, 0.4) is 0 Å². The first kappa shape index (κ1) is 19.9. The van der Waals surface area contributed by atoms with Crippen molar-refractivity contribution in [3.63, 3.8) is 0 Å². The highest BCUT2D eigenvalue weighted by atomic mass is 16.2. The first-order valence-corrected chi connectivity index (χ1v) is 10.3. The van der Waals surface area contributed by atoms with Gasteiger partial charge in [0.1, 0.15) is 5.54 Å². The molecule has 1 saturated heterocycles. The van der Waals surface area contributed by atoms with Crippen molar-refractivity contribution >= 4 is 11.9 Å². The lowest BCUT2D eigenvalue weighted by Crippen LogP contribution is -2.40. The zero-order chi connectivity index (χ0) is 21.3. The fourth-order valence-electron chi connectivity index (χ4n) is 3.85. The second kappa shape index (κ2) is 7.79. The SMILES string of the molecule is CC(C)c1ccc([C@]2(C)NC(=O)N(Cc3ccc(-c4ccccc4)cc3)C2=O)cc1. The Labute approximate surface area is 177 Å². The van der Waals surface area contributed by atoms with Gasteiger partial charge in [-0.05, 0) is 40.7 Å². The Morgan fingerprint density at radius 2 is 1.43 bits per heavy atom. The topological polar surface area (TPSA) is 49.4 Å². The first-order valence-electron chi connectivity index (χ1n) is 10.3. The average Bonchev–Trinajstić information content (AvgIpc) is 2.99. The third kappa shape index (κ3) is 3.61. The van der Waals surface area contributed by atoms with Crippen molar-refractivity contribution in [3.05, 3.63) is 95.6 Å². The number of hydrogen-bond acceptors (Lipinski definition) is 2. The molecule has 0 saturated carbocycles. The summed E-state index contributed by atoms with van der Waals surface area (Å²) < 4.78 is 0. The van der Waals surface area contributed by atoms with Crippen LogP contribution in [0, 0.1) is 0 Å². The summed E-state index contributed by atoms with van der Waals surface area (Å²) in [6.45, 7) is 6.28. The van der Waals surface area contributed by atoms with E-state index >= 15 is 0 Å². The van der Waals surface area contributed by atoms with Gasteiger partial charge in [-0.15, -0.1) is 0 Å². The summed E-state index contributed by atoms with van der Waals surface area (Å²) >= 11 is 0. The molecule has 3 aromatic carbocycles. The van der Waals surface area contributed by atoms with Crippen LogP contribution in [0.5, 0.6) is 0 Å². The molecule has 4 rings (SSSR count). The van der Waals surface area contributed by atoms with Gasteiger partial charge >= 0.3 is 6.03 Å². The fourth-order valence-corrected chi connectivity index (χ4v) is 3.85. The Balaban J connectivity index is 1.53. The highest BCUT2D eigenvalue weighted by Crippen LogP contribution is 2.31. The Hall–Kier alpha value is -3.40. The number of rotatable bonds is 5. The van der Waals surface area contributed by atoms with E-state index in [1.807, 2.05) is 66.7 Å². The number of benzene rings is 3. The number of carbonyl (C=O) groups is 2. The highest BCUT2D eigenvalue weighted by molar-refractivity contribution is 6.07. The molecule has 1 aliphatic heterocycles. The Kier molecular flexibility index (Phi) is 5.17. The number of amides is 3. The third-order valence-electron chi connectivity index (χ3n) is 5.83. The van der Waals surface area contributed by atoms with Gasteiger partial charge in [-0.2, -0.15) is 0 Å². The average molecular weight is 399 g/mol. The maximum atomic E-state index is 13.2. The molecule has 0 bridgehead atoms. The monoisotopic (exact) mass is 398 g/mol. The van der Waals surface area contributed by atoms with Crippen LogP contribution in [-0.4, -0.2) is 16.8 Å². The van der Waals surface area contributed by atoms with Crippen molar-refractivity contribution < 1.29 is 9.59 Å². The highest BCUT2D eigenvalue weighted by Gasteiger charge is 2.48. The second-order valence-electron chi connectivity index (χ2n) is 8.29. The van der Waals surface area contributed by atoms with Gasteiger partial charge < -0.3 is 5.32 Å². The van der Waals surface area contributed by atoms with Gasteiger partial charge in [0.05, 0.1) is 6.54 Å². The zero-order valence-corrected chi connectivity index (χ0v) is 17.6. The normalized spacial score (nSPS) is 18.7. The number of hydrogen-bond donors (Lipinski definition) is 1. The van der Waals surface area contributed by atoms with E-state index in [2.05, 4.69) is 31.3 Å². The summed E-state index contributed by atoms with van der Waals surface area (Å²) in [5, 5.41) is 2.89. The Bertz CT molecular complexity index is 1060. The van der Waals surface area contributed by atoms with Crippen LogP contribution in [-0.2, 0) is 16.9 Å². The van der Waals surface area contributed by atoms with Gasteiger partial charge in [0.25, 0.3) is 5.91 Å². The summed E-state index contributed by atoms with van der Waals surface area (Å²) in [4.78, 5) is 27.1. The smallest absolute Gasteiger partial charge is 0.319 e. The van der Waals surface area contributed by atoms with Crippen molar-refractivity contribution in [2.24, 2.45) is 0 Å². The van der Waals surface area contributed by atoms with Gasteiger partial charge in [-0.3, -0.25) is 9.69 Å². The van der Waals surface area contributed by atoms with Crippen molar-refractivity contribution in [1.29, 1.82) is 0 Å². The lowest BCUT2D eigenvalue weighted by atomic mass is 9.90. The van der Waals surface area contributed by atoms with Crippen molar-refractivity contribution in [1.82, 2.24) is 10.2 Å². The molecular weight excluding hydrogens is 372 g/mol. The Morgan fingerprint density at radius 1 is 0.833 bits per heavy atom.